The van der Waals surface area contributed by atoms with E-state index in [2.05, 4.69) is 17.4 Å². The third-order valence-electron chi connectivity index (χ3n) is 3.15. The van der Waals surface area contributed by atoms with E-state index in [1.165, 1.54) is 5.56 Å². The highest BCUT2D eigenvalue weighted by atomic mass is 16.5. The number of carbonyl (C=O) groups is 1. The van der Waals surface area contributed by atoms with Gasteiger partial charge in [-0.05, 0) is 30.2 Å². The monoisotopic (exact) mass is 269 g/mol. The largest absolute Gasteiger partial charge is 0.496 e. The van der Waals surface area contributed by atoms with Gasteiger partial charge in [0.15, 0.2) is 5.78 Å². The van der Waals surface area contributed by atoms with Crippen molar-refractivity contribution in [1.82, 2.24) is 5.32 Å². The number of nitrogens with one attached hydrogen (secondary N) is 1. The van der Waals surface area contributed by atoms with Crippen molar-refractivity contribution in [3.63, 3.8) is 0 Å². The van der Waals surface area contributed by atoms with Gasteiger partial charge in [0.25, 0.3) is 0 Å². The second-order valence-electron chi connectivity index (χ2n) is 4.68. The van der Waals surface area contributed by atoms with Gasteiger partial charge < -0.3 is 10.1 Å². The maximum atomic E-state index is 11.4. The molecule has 1 N–H and O–H groups in total. The molecule has 0 aromatic heterocycles. The Labute approximate surface area is 119 Å². The summed E-state index contributed by atoms with van der Waals surface area (Å²) in [5.74, 6) is 0.655. The van der Waals surface area contributed by atoms with E-state index in [1.807, 2.05) is 36.4 Å². The van der Waals surface area contributed by atoms with Gasteiger partial charge in [0.2, 0.25) is 0 Å². The molecule has 2 aromatic carbocycles. The van der Waals surface area contributed by atoms with E-state index in [-0.39, 0.29) is 5.78 Å². The standard InChI is InChI=1S/C17H19NO2/c1-13(19)16-9-8-15(10-17(16)20-2)12-18-11-14-6-4-3-5-7-14/h3-10,18H,11-12H2,1-2H3. The molecule has 104 valence electrons. The van der Waals surface area contributed by atoms with Crippen LogP contribution in [0.3, 0.4) is 0 Å². The minimum atomic E-state index is 0.0191. The molecule has 20 heavy (non-hydrogen) atoms. The average molecular weight is 269 g/mol. The van der Waals surface area contributed by atoms with E-state index >= 15 is 0 Å². The van der Waals surface area contributed by atoms with E-state index in [4.69, 9.17) is 4.74 Å². The summed E-state index contributed by atoms with van der Waals surface area (Å²) in [7, 11) is 1.59. The third-order valence-corrected chi connectivity index (χ3v) is 3.15. The highest BCUT2D eigenvalue weighted by Gasteiger charge is 2.08. The van der Waals surface area contributed by atoms with Crippen LogP contribution in [0.5, 0.6) is 5.75 Å². The second-order valence-corrected chi connectivity index (χ2v) is 4.68. The smallest absolute Gasteiger partial charge is 0.163 e. The van der Waals surface area contributed by atoms with E-state index in [9.17, 15) is 4.79 Å². The molecule has 0 heterocycles. The summed E-state index contributed by atoms with van der Waals surface area (Å²) < 4.78 is 5.26. The molecule has 0 saturated heterocycles. The average Bonchev–Trinajstić information content (AvgIpc) is 2.48. The Morgan fingerprint density at radius 2 is 1.75 bits per heavy atom. The zero-order valence-electron chi connectivity index (χ0n) is 11.8. The Bertz CT molecular complexity index is 579. The summed E-state index contributed by atoms with van der Waals surface area (Å²) in [5, 5.41) is 3.38. The highest BCUT2D eigenvalue weighted by Crippen LogP contribution is 2.20. The predicted octanol–water partition coefficient (Wildman–Crippen LogP) is 3.19. The molecule has 3 heteroatoms. The van der Waals surface area contributed by atoms with Gasteiger partial charge in [-0.1, -0.05) is 36.4 Å². The summed E-state index contributed by atoms with van der Waals surface area (Å²) in [6, 6.07) is 15.9. The Kier molecular flexibility index (Phi) is 4.91. The van der Waals surface area contributed by atoms with Gasteiger partial charge in [0.05, 0.1) is 12.7 Å². The zero-order valence-corrected chi connectivity index (χ0v) is 11.8. The van der Waals surface area contributed by atoms with E-state index in [0.29, 0.717) is 11.3 Å². The van der Waals surface area contributed by atoms with Crippen LogP contribution in [0.25, 0.3) is 0 Å². The fraction of sp³-hybridized carbons (Fsp3) is 0.235. The zero-order chi connectivity index (χ0) is 14.4. The summed E-state index contributed by atoms with van der Waals surface area (Å²) in [4.78, 5) is 11.4. The summed E-state index contributed by atoms with van der Waals surface area (Å²) in [5.41, 5.74) is 2.97. The molecule has 0 aliphatic heterocycles. The molecule has 0 aliphatic carbocycles. The van der Waals surface area contributed by atoms with Crippen molar-refractivity contribution in [1.29, 1.82) is 0 Å². The topological polar surface area (TPSA) is 38.3 Å². The number of Topliss-reactive ketones (excluding diaryl/α,β-unsaturated/α-hetero) is 1. The second kappa shape index (κ2) is 6.87. The molecule has 0 spiro atoms. The Hall–Kier alpha value is -2.13. The SMILES string of the molecule is COc1cc(CNCc2ccccc2)ccc1C(C)=O. The molecular weight excluding hydrogens is 250 g/mol. The van der Waals surface area contributed by atoms with E-state index in [0.717, 1.165) is 18.7 Å². The normalized spacial score (nSPS) is 10.3. The number of rotatable bonds is 6. The molecule has 0 atom stereocenters. The van der Waals surface area contributed by atoms with Gasteiger partial charge in [-0.2, -0.15) is 0 Å². The number of hydrogen-bond acceptors (Lipinski definition) is 3. The number of ketones is 1. The van der Waals surface area contributed by atoms with Crippen molar-refractivity contribution in [2.75, 3.05) is 7.11 Å². The lowest BCUT2D eigenvalue weighted by Gasteiger charge is -2.09. The molecule has 0 unspecified atom stereocenters. The third kappa shape index (κ3) is 3.68. The quantitative estimate of drug-likeness (QED) is 0.818. The van der Waals surface area contributed by atoms with Gasteiger partial charge in [0, 0.05) is 13.1 Å². The van der Waals surface area contributed by atoms with E-state index < -0.39 is 0 Å². The van der Waals surface area contributed by atoms with Crippen LogP contribution >= 0.6 is 0 Å². The van der Waals surface area contributed by atoms with Gasteiger partial charge in [0.1, 0.15) is 5.75 Å². The molecule has 3 nitrogen and oxygen atoms in total. The van der Waals surface area contributed by atoms with E-state index in [1.54, 1.807) is 14.0 Å². The van der Waals surface area contributed by atoms with Gasteiger partial charge >= 0.3 is 0 Å². The number of benzene rings is 2. The van der Waals surface area contributed by atoms with Crippen molar-refractivity contribution < 1.29 is 9.53 Å². The predicted molar refractivity (Wildman–Crippen MR) is 80.0 cm³/mol. The van der Waals surface area contributed by atoms with Gasteiger partial charge in [-0.3, -0.25) is 4.79 Å². The molecule has 0 radical (unpaired) electrons. The van der Waals surface area contributed by atoms with Crippen LogP contribution in [-0.2, 0) is 13.1 Å². The van der Waals surface area contributed by atoms with Crippen LogP contribution in [0, 0.1) is 0 Å². The first kappa shape index (κ1) is 14.3. The van der Waals surface area contributed by atoms with Crippen LogP contribution in [0.2, 0.25) is 0 Å². The van der Waals surface area contributed by atoms with Crippen LogP contribution in [0.1, 0.15) is 28.4 Å². The van der Waals surface area contributed by atoms with Crippen molar-refractivity contribution in [2.24, 2.45) is 0 Å². The van der Waals surface area contributed by atoms with Crippen LogP contribution in [0.15, 0.2) is 48.5 Å². The van der Waals surface area contributed by atoms with Crippen LogP contribution < -0.4 is 10.1 Å². The van der Waals surface area contributed by atoms with Gasteiger partial charge in [-0.25, -0.2) is 0 Å². The molecule has 2 aromatic rings. The molecule has 2 rings (SSSR count). The Morgan fingerprint density at radius 1 is 1.05 bits per heavy atom. The van der Waals surface area contributed by atoms with Crippen LogP contribution in [0.4, 0.5) is 0 Å². The lowest BCUT2D eigenvalue weighted by Crippen LogP contribution is -2.13. The van der Waals surface area contributed by atoms with Gasteiger partial charge in [-0.15, -0.1) is 0 Å². The summed E-state index contributed by atoms with van der Waals surface area (Å²) in [6.07, 6.45) is 0. The summed E-state index contributed by atoms with van der Waals surface area (Å²) >= 11 is 0. The molecule has 0 amide bonds. The van der Waals surface area contributed by atoms with Crippen molar-refractivity contribution in [2.45, 2.75) is 20.0 Å². The first-order chi connectivity index (χ1) is 9.70. The molecular formula is C17H19NO2. The Balaban J connectivity index is 1.98. The number of methoxy groups -OCH3 is 1. The number of hydrogen-bond donors (Lipinski definition) is 1. The fourth-order valence-electron chi connectivity index (χ4n) is 2.08. The van der Waals surface area contributed by atoms with Crippen molar-refractivity contribution in [3.05, 3.63) is 65.2 Å². The Morgan fingerprint density at radius 3 is 2.40 bits per heavy atom. The highest BCUT2D eigenvalue weighted by molar-refractivity contribution is 5.96. The lowest BCUT2D eigenvalue weighted by atomic mass is 10.1. The summed E-state index contributed by atoms with van der Waals surface area (Å²) in [6.45, 7) is 3.10. The minimum Gasteiger partial charge on any atom is -0.496 e. The molecule has 0 fully saturated rings. The minimum absolute atomic E-state index is 0.0191. The molecule has 0 bridgehead atoms. The first-order valence-corrected chi connectivity index (χ1v) is 6.63. The van der Waals surface area contributed by atoms with Crippen LogP contribution in [-0.4, -0.2) is 12.9 Å². The first-order valence-electron chi connectivity index (χ1n) is 6.63. The van der Waals surface area contributed by atoms with Crippen molar-refractivity contribution in [3.8, 4) is 5.75 Å². The molecule has 0 saturated carbocycles. The number of ether oxygens (including phenoxy) is 1. The van der Waals surface area contributed by atoms with Crippen molar-refractivity contribution >= 4 is 5.78 Å². The maximum Gasteiger partial charge on any atom is 0.163 e. The lowest BCUT2D eigenvalue weighted by molar-refractivity contribution is 0.101. The fourth-order valence-corrected chi connectivity index (χ4v) is 2.08. The molecule has 0 aliphatic rings. The maximum absolute atomic E-state index is 11.4. The number of carbonyl (C=O) groups excluding carboxylic acids is 1.